The first kappa shape index (κ1) is 21.3. The summed E-state index contributed by atoms with van der Waals surface area (Å²) in [6, 6.07) is 0. The molecule has 3 fully saturated rings. The molecule has 0 atom stereocenters. The van der Waals surface area contributed by atoms with E-state index in [4.69, 9.17) is 0 Å². The Morgan fingerprint density at radius 1 is 0.750 bits per heavy atom. The summed E-state index contributed by atoms with van der Waals surface area (Å²) in [5.74, 6) is 0.628. The fourth-order valence-corrected chi connectivity index (χ4v) is 4.61. The van der Waals surface area contributed by atoms with Crippen molar-refractivity contribution >= 4 is 26.1 Å². The lowest BCUT2D eigenvalue weighted by Crippen LogP contribution is -2.27. The van der Waals surface area contributed by atoms with Crippen molar-refractivity contribution in [2.24, 2.45) is 0 Å². The van der Waals surface area contributed by atoms with Crippen LogP contribution in [0.4, 0.5) is 0 Å². The molecule has 0 aliphatic carbocycles. The fraction of sp³-hybridized carbons (Fsp3) is 0.923. The Hall–Kier alpha value is -0.750. The van der Waals surface area contributed by atoms with Crippen LogP contribution in [0.3, 0.4) is 0 Å². The van der Waals surface area contributed by atoms with Crippen molar-refractivity contribution in [3.8, 4) is 0 Å². The number of sulfonamides is 1. The van der Waals surface area contributed by atoms with Gasteiger partial charge in [0.05, 0.1) is 5.75 Å². The van der Waals surface area contributed by atoms with Gasteiger partial charge < -0.3 is 4.90 Å². The zero-order valence-electron chi connectivity index (χ0n) is 14.8. The third-order valence-electron chi connectivity index (χ3n) is 4.18. The van der Waals surface area contributed by atoms with E-state index in [1.165, 1.54) is 12.9 Å². The monoisotopic (exact) mass is 384 g/mol. The third kappa shape index (κ3) is 5.66. The number of amides is 1. The van der Waals surface area contributed by atoms with Gasteiger partial charge in [-0.25, -0.2) is 12.7 Å². The van der Waals surface area contributed by atoms with Gasteiger partial charge in [0.2, 0.25) is 15.9 Å². The molecule has 0 unspecified atom stereocenters. The van der Waals surface area contributed by atoms with Crippen LogP contribution < -0.4 is 0 Å². The van der Waals surface area contributed by atoms with Crippen LogP contribution in [0, 0.1) is 0 Å². The molecule has 0 bridgehead atoms. The molecule has 0 saturated carbocycles. The molecule has 9 nitrogen and oxygen atoms in total. The van der Waals surface area contributed by atoms with E-state index in [-0.39, 0.29) is 0 Å². The molecule has 142 valence electrons. The summed E-state index contributed by atoms with van der Waals surface area (Å²) in [5, 5.41) is 0. The molecule has 3 heterocycles. The predicted octanol–water partition coefficient (Wildman–Crippen LogP) is -1.00. The quantitative estimate of drug-likeness (QED) is 0.533. The van der Waals surface area contributed by atoms with E-state index in [1.54, 1.807) is 26.0 Å². The van der Waals surface area contributed by atoms with Crippen LogP contribution in [0.2, 0.25) is 0 Å². The van der Waals surface area contributed by atoms with Gasteiger partial charge in [-0.05, 0) is 12.8 Å². The first-order chi connectivity index (χ1) is 11.0. The van der Waals surface area contributed by atoms with Crippen LogP contribution in [0.15, 0.2) is 0 Å². The summed E-state index contributed by atoms with van der Waals surface area (Å²) < 4.78 is 47.3. The Balaban J connectivity index is 0.000000181. The van der Waals surface area contributed by atoms with Gasteiger partial charge in [0.25, 0.3) is 10.2 Å². The van der Waals surface area contributed by atoms with Crippen molar-refractivity contribution in [1.82, 2.24) is 17.8 Å². The molecule has 0 spiro atoms. The minimum Gasteiger partial charge on any atom is -0.346 e. The maximum atomic E-state index is 10.9. The van der Waals surface area contributed by atoms with Crippen molar-refractivity contribution in [3.63, 3.8) is 0 Å². The molecule has 24 heavy (non-hydrogen) atoms. The zero-order valence-corrected chi connectivity index (χ0v) is 16.4. The van der Waals surface area contributed by atoms with Crippen LogP contribution >= 0.6 is 0 Å². The minimum atomic E-state index is -3.04. The van der Waals surface area contributed by atoms with Crippen LogP contribution in [0.25, 0.3) is 0 Å². The number of hydrogen-bond acceptors (Lipinski definition) is 5. The van der Waals surface area contributed by atoms with Gasteiger partial charge in [-0.3, -0.25) is 4.79 Å². The van der Waals surface area contributed by atoms with Gasteiger partial charge in [-0.2, -0.15) is 17.0 Å². The normalized spacial score (nSPS) is 26.7. The molecular weight excluding hydrogens is 356 g/mol. The van der Waals surface area contributed by atoms with E-state index >= 15 is 0 Å². The second kappa shape index (κ2) is 8.56. The molecule has 0 radical (unpaired) electrons. The maximum absolute atomic E-state index is 10.9. The predicted molar refractivity (Wildman–Crippen MR) is 92.1 cm³/mol. The lowest BCUT2D eigenvalue weighted by Gasteiger charge is -2.08. The average Bonchev–Trinajstić information content (AvgIpc) is 3.09. The first-order valence-corrected chi connectivity index (χ1v) is 10.8. The lowest BCUT2D eigenvalue weighted by atomic mass is 10.4. The second-order valence-electron chi connectivity index (χ2n) is 6.06. The first-order valence-electron chi connectivity index (χ1n) is 7.84. The highest BCUT2D eigenvalue weighted by Gasteiger charge is 2.29. The third-order valence-corrected chi connectivity index (χ3v) is 8.06. The highest BCUT2D eigenvalue weighted by Crippen LogP contribution is 2.10. The van der Waals surface area contributed by atoms with Gasteiger partial charge in [-0.15, -0.1) is 0 Å². The van der Waals surface area contributed by atoms with E-state index in [2.05, 4.69) is 0 Å². The summed E-state index contributed by atoms with van der Waals surface area (Å²) >= 11 is 0. The SMILES string of the molecule is CN1CCCC1=O.CN1CCCS1(=O)=O.CN1CCN(C)S1(=O)=O. The standard InChI is InChI=1S/C5H9NO.C4H10N2O2S.C4H9NO2S/c1-6-4-2-3-5(6)7;1-5-3-4-6(2)9(5,7)8;1-5-3-2-4-8(5,6)7/h2-4H2,1H3;3-4H2,1-2H3;2-4H2,1H3. The number of likely N-dealkylation sites (tertiary alicyclic amines) is 1. The summed E-state index contributed by atoms with van der Waals surface area (Å²) in [5.41, 5.74) is 0. The highest BCUT2D eigenvalue weighted by atomic mass is 32.2. The molecule has 0 aromatic heterocycles. The Morgan fingerprint density at radius 2 is 1.29 bits per heavy atom. The molecule has 3 aliphatic rings. The van der Waals surface area contributed by atoms with Crippen LogP contribution in [-0.2, 0) is 25.0 Å². The summed E-state index contributed by atoms with van der Waals surface area (Å²) in [6.07, 6.45) is 2.60. The topological polar surface area (TPSA) is 98.3 Å². The van der Waals surface area contributed by atoms with E-state index in [0.29, 0.717) is 31.3 Å². The van der Waals surface area contributed by atoms with E-state index in [9.17, 15) is 21.6 Å². The number of hydrogen-bond donors (Lipinski definition) is 0. The average molecular weight is 385 g/mol. The van der Waals surface area contributed by atoms with Crippen molar-refractivity contribution in [3.05, 3.63) is 0 Å². The molecule has 0 aromatic carbocycles. The van der Waals surface area contributed by atoms with Gasteiger partial charge in [0.15, 0.2) is 0 Å². The maximum Gasteiger partial charge on any atom is 0.281 e. The summed E-state index contributed by atoms with van der Waals surface area (Å²) in [7, 11) is 0.792. The highest BCUT2D eigenvalue weighted by molar-refractivity contribution is 7.89. The van der Waals surface area contributed by atoms with Crippen molar-refractivity contribution < 1.29 is 21.6 Å². The summed E-state index contributed by atoms with van der Waals surface area (Å²) in [4.78, 5) is 12.3. The Morgan fingerprint density at radius 3 is 1.42 bits per heavy atom. The number of rotatable bonds is 0. The van der Waals surface area contributed by atoms with Crippen molar-refractivity contribution in [2.45, 2.75) is 19.3 Å². The van der Waals surface area contributed by atoms with Gasteiger partial charge in [0, 0.05) is 60.8 Å². The Labute approximate surface area is 145 Å². The Kier molecular flexibility index (Phi) is 7.60. The molecule has 0 N–H and O–H groups in total. The molecule has 3 aliphatic heterocycles. The van der Waals surface area contributed by atoms with Crippen molar-refractivity contribution in [1.29, 1.82) is 0 Å². The molecule has 11 heteroatoms. The van der Waals surface area contributed by atoms with Crippen molar-refractivity contribution in [2.75, 3.05) is 60.1 Å². The molecule has 3 saturated heterocycles. The second-order valence-corrected chi connectivity index (χ2v) is 10.4. The van der Waals surface area contributed by atoms with E-state index < -0.39 is 20.2 Å². The van der Waals surface area contributed by atoms with Crippen LogP contribution in [-0.4, -0.2) is 101 Å². The Bertz CT molecular complexity index is 619. The van der Waals surface area contributed by atoms with Gasteiger partial charge in [0.1, 0.15) is 0 Å². The molecular formula is C13H28N4O5S2. The summed E-state index contributed by atoms with van der Waals surface area (Å²) in [6.45, 7) is 2.87. The smallest absolute Gasteiger partial charge is 0.281 e. The number of likely N-dealkylation sites (N-methyl/N-ethyl adjacent to an activating group) is 2. The number of nitrogens with zero attached hydrogens (tertiary/aromatic N) is 4. The van der Waals surface area contributed by atoms with Crippen LogP contribution in [0.5, 0.6) is 0 Å². The number of carbonyl (C=O) groups excluding carboxylic acids is 1. The molecule has 3 rings (SSSR count). The van der Waals surface area contributed by atoms with Gasteiger partial charge >= 0.3 is 0 Å². The molecule has 0 aromatic rings. The van der Waals surface area contributed by atoms with E-state index in [1.807, 2.05) is 7.05 Å². The fourth-order valence-electron chi connectivity index (χ4n) is 2.30. The van der Waals surface area contributed by atoms with Gasteiger partial charge in [-0.1, -0.05) is 0 Å². The molecule has 1 amide bonds. The lowest BCUT2D eigenvalue weighted by molar-refractivity contribution is -0.126. The number of carbonyl (C=O) groups is 1. The van der Waals surface area contributed by atoms with E-state index in [0.717, 1.165) is 25.8 Å². The largest absolute Gasteiger partial charge is 0.346 e. The minimum absolute atomic E-state index is 0.292. The van der Waals surface area contributed by atoms with Crippen LogP contribution in [0.1, 0.15) is 19.3 Å². The zero-order chi connectivity index (χ0) is 18.5.